The van der Waals surface area contributed by atoms with E-state index in [1.54, 1.807) is 23.5 Å². The summed E-state index contributed by atoms with van der Waals surface area (Å²) >= 11 is 3.43. The van der Waals surface area contributed by atoms with E-state index in [0.717, 1.165) is 38.9 Å². The second-order valence-corrected chi connectivity index (χ2v) is 14.2. The van der Waals surface area contributed by atoms with Gasteiger partial charge in [0.05, 0.1) is 17.9 Å². The van der Waals surface area contributed by atoms with Gasteiger partial charge in [0.2, 0.25) is 11.8 Å². The lowest BCUT2D eigenvalue weighted by Crippen LogP contribution is -2.51. The second-order valence-electron chi connectivity index (χ2n) is 11.5. The van der Waals surface area contributed by atoms with Crippen molar-refractivity contribution in [1.82, 2.24) is 26.6 Å². The van der Waals surface area contributed by atoms with Gasteiger partial charge in [0.25, 0.3) is 0 Å². The SMILES string of the molecule is CC1CC(COC(=O)NC(=O)C2CC(C3CCCCC3)SC2NC(=O)C2NC3CNCCC3S2)CCN1. The van der Waals surface area contributed by atoms with E-state index in [9.17, 15) is 14.4 Å². The maximum atomic E-state index is 13.3. The van der Waals surface area contributed by atoms with Crippen LogP contribution >= 0.6 is 23.5 Å². The van der Waals surface area contributed by atoms with E-state index in [4.69, 9.17) is 4.74 Å². The number of hydrogen-bond donors (Lipinski definition) is 5. The zero-order chi connectivity index (χ0) is 25.8. The molecule has 1 aliphatic carbocycles. The Labute approximate surface area is 228 Å². The van der Waals surface area contributed by atoms with E-state index in [-0.39, 0.29) is 22.6 Å². The van der Waals surface area contributed by atoms with Crippen LogP contribution in [0.5, 0.6) is 0 Å². The number of hydrogen-bond acceptors (Lipinski definition) is 9. The van der Waals surface area contributed by atoms with Gasteiger partial charge in [0, 0.05) is 29.1 Å². The van der Waals surface area contributed by atoms with Crippen molar-refractivity contribution in [3.05, 3.63) is 0 Å². The third kappa shape index (κ3) is 7.15. The van der Waals surface area contributed by atoms with Crippen molar-refractivity contribution in [3.63, 3.8) is 0 Å². The highest BCUT2D eigenvalue weighted by Gasteiger charge is 2.46. The first-order chi connectivity index (χ1) is 18.0. The number of amides is 3. The number of nitrogens with one attached hydrogen (secondary N) is 5. The van der Waals surface area contributed by atoms with Gasteiger partial charge in [-0.1, -0.05) is 19.3 Å². The van der Waals surface area contributed by atoms with Gasteiger partial charge in [-0.25, -0.2) is 4.79 Å². The molecule has 5 aliphatic rings. The van der Waals surface area contributed by atoms with Crippen LogP contribution in [0.4, 0.5) is 4.79 Å². The predicted octanol–water partition coefficient (Wildman–Crippen LogP) is 2.16. The lowest BCUT2D eigenvalue weighted by Gasteiger charge is -2.27. The van der Waals surface area contributed by atoms with Crippen LogP contribution < -0.4 is 26.6 Å². The molecule has 0 spiro atoms. The van der Waals surface area contributed by atoms with Gasteiger partial charge in [0.1, 0.15) is 5.37 Å². The summed E-state index contributed by atoms with van der Waals surface area (Å²) < 4.78 is 5.44. The molecule has 0 bridgehead atoms. The average Bonchev–Trinajstić information content (AvgIpc) is 3.53. The highest BCUT2D eigenvalue weighted by molar-refractivity contribution is 8.01. The third-order valence-corrected chi connectivity index (χ3v) is 11.9. The number of fused-ring (bicyclic) bond motifs is 1. The van der Waals surface area contributed by atoms with Gasteiger partial charge < -0.3 is 20.7 Å². The normalized spacial score (nSPS) is 38.5. The molecule has 3 amide bonds. The fourth-order valence-corrected chi connectivity index (χ4v) is 9.85. The minimum Gasteiger partial charge on any atom is -0.449 e. The minimum atomic E-state index is -0.669. The quantitative estimate of drug-likeness (QED) is 0.337. The van der Waals surface area contributed by atoms with E-state index >= 15 is 0 Å². The lowest BCUT2D eigenvalue weighted by atomic mass is 9.84. The molecule has 0 aromatic carbocycles. The number of carbonyl (C=O) groups excluding carboxylic acids is 3. The van der Waals surface area contributed by atoms with E-state index in [1.165, 1.54) is 32.1 Å². The molecule has 0 aromatic heterocycles. The summed E-state index contributed by atoms with van der Waals surface area (Å²) in [6, 6.07) is 0.717. The zero-order valence-corrected chi connectivity index (χ0v) is 23.5. The largest absolute Gasteiger partial charge is 0.449 e. The van der Waals surface area contributed by atoms with Crippen molar-refractivity contribution in [2.45, 2.75) is 98.0 Å². The standard InChI is InChI=1S/C26H43N5O4S2/c1-15-11-16(7-10-28-15)14-35-26(34)31-22(32)18-12-21(17-5-3-2-4-6-17)37-24(18)30-23(33)25-29-19-13-27-9-8-20(19)36-25/h15-21,24-25,27-29H,2-14H2,1H3,(H,30,33)(H,31,32,34). The van der Waals surface area contributed by atoms with Gasteiger partial charge in [-0.2, -0.15) is 0 Å². The summed E-state index contributed by atoms with van der Waals surface area (Å²) in [5.41, 5.74) is 0. The number of imide groups is 1. The summed E-state index contributed by atoms with van der Waals surface area (Å²) in [5.74, 6) is 0.0591. The Morgan fingerprint density at radius 2 is 1.78 bits per heavy atom. The minimum absolute atomic E-state index is 0.0541. The Hall–Kier alpha value is -1.01. The average molecular weight is 554 g/mol. The highest BCUT2D eigenvalue weighted by atomic mass is 32.2. The van der Waals surface area contributed by atoms with Crippen LogP contribution in [0.2, 0.25) is 0 Å². The molecule has 0 radical (unpaired) electrons. The van der Waals surface area contributed by atoms with Crippen LogP contribution in [0.3, 0.4) is 0 Å². The molecule has 5 N–H and O–H groups in total. The number of ether oxygens (including phenoxy) is 1. The van der Waals surface area contributed by atoms with Crippen molar-refractivity contribution < 1.29 is 19.1 Å². The van der Waals surface area contributed by atoms with Gasteiger partial charge >= 0.3 is 6.09 Å². The van der Waals surface area contributed by atoms with Gasteiger partial charge in [-0.05, 0) is 70.4 Å². The molecule has 0 aromatic rings. The molecular weight excluding hydrogens is 510 g/mol. The van der Waals surface area contributed by atoms with Crippen LogP contribution in [0.15, 0.2) is 0 Å². The van der Waals surface area contributed by atoms with Gasteiger partial charge in [-0.3, -0.25) is 20.2 Å². The fourth-order valence-electron chi connectivity index (χ4n) is 6.64. The highest BCUT2D eigenvalue weighted by Crippen LogP contribution is 2.45. The second kappa shape index (κ2) is 12.9. The molecule has 4 heterocycles. The summed E-state index contributed by atoms with van der Waals surface area (Å²) in [6.45, 7) is 5.25. The smallest absolute Gasteiger partial charge is 0.413 e. The molecular formula is C26H43N5O4S2. The molecule has 208 valence electrons. The first-order valence-electron chi connectivity index (χ1n) is 14.3. The van der Waals surface area contributed by atoms with E-state index in [1.807, 2.05) is 0 Å². The summed E-state index contributed by atoms with van der Waals surface area (Å²) in [6.07, 6.45) is 9.10. The molecule has 5 rings (SSSR count). The number of alkyl carbamates (subject to hydrolysis) is 1. The van der Waals surface area contributed by atoms with Crippen molar-refractivity contribution in [1.29, 1.82) is 0 Å². The Kier molecular flexibility index (Phi) is 9.60. The molecule has 1 saturated carbocycles. The van der Waals surface area contributed by atoms with Crippen LogP contribution in [0.1, 0.15) is 64.7 Å². The summed E-state index contributed by atoms with van der Waals surface area (Å²) in [7, 11) is 0. The number of carbonyl (C=O) groups is 3. The van der Waals surface area contributed by atoms with Crippen LogP contribution in [-0.2, 0) is 14.3 Å². The van der Waals surface area contributed by atoms with Crippen LogP contribution in [-0.4, -0.2) is 77.5 Å². The first-order valence-corrected chi connectivity index (χ1v) is 16.1. The molecule has 4 saturated heterocycles. The van der Waals surface area contributed by atoms with Crippen molar-refractivity contribution >= 4 is 41.4 Å². The van der Waals surface area contributed by atoms with Gasteiger partial charge in [-0.15, -0.1) is 23.5 Å². The Bertz CT molecular complexity index is 815. The molecule has 8 atom stereocenters. The third-order valence-electron chi connectivity index (χ3n) is 8.71. The van der Waals surface area contributed by atoms with Gasteiger partial charge in [0.15, 0.2) is 0 Å². The number of thioether (sulfide) groups is 2. The summed E-state index contributed by atoms with van der Waals surface area (Å²) in [4.78, 5) is 39.1. The summed E-state index contributed by atoms with van der Waals surface area (Å²) in [5, 5.41) is 16.1. The topological polar surface area (TPSA) is 121 Å². The Morgan fingerprint density at radius 3 is 2.57 bits per heavy atom. The maximum absolute atomic E-state index is 13.3. The van der Waals surface area contributed by atoms with E-state index in [0.29, 0.717) is 47.4 Å². The predicted molar refractivity (Wildman–Crippen MR) is 147 cm³/mol. The first kappa shape index (κ1) is 27.6. The molecule has 9 nitrogen and oxygen atoms in total. The number of piperidine rings is 2. The van der Waals surface area contributed by atoms with Crippen molar-refractivity contribution in [2.75, 3.05) is 26.2 Å². The van der Waals surface area contributed by atoms with Crippen LogP contribution in [0, 0.1) is 17.8 Å². The monoisotopic (exact) mass is 553 g/mol. The molecule has 8 unspecified atom stereocenters. The molecule has 5 fully saturated rings. The zero-order valence-electron chi connectivity index (χ0n) is 21.8. The molecule has 11 heteroatoms. The van der Waals surface area contributed by atoms with E-state index in [2.05, 4.69) is 33.5 Å². The lowest BCUT2D eigenvalue weighted by molar-refractivity contribution is -0.125. The molecule has 4 aliphatic heterocycles. The Morgan fingerprint density at radius 1 is 0.946 bits per heavy atom. The van der Waals surface area contributed by atoms with E-state index < -0.39 is 12.0 Å². The molecule has 37 heavy (non-hydrogen) atoms. The van der Waals surface area contributed by atoms with Crippen molar-refractivity contribution in [2.24, 2.45) is 17.8 Å². The Balaban J connectivity index is 1.17. The van der Waals surface area contributed by atoms with Crippen molar-refractivity contribution in [3.8, 4) is 0 Å². The number of rotatable bonds is 6. The fraction of sp³-hybridized carbons (Fsp3) is 0.885. The maximum Gasteiger partial charge on any atom is 0.413 e. The van der Waals surface area contributed by atoms with Crippen LogP contribution in [0.25, 0.3) is 0 Å².